The van der Waals surface area contributed by atoms with Crippen molar-refractivity contribution in [3.63, 3.8) is 0 Å². The minimum absolute atomic E-state index is 0.0211. The zero-order valence-corrected chi connectivity index (χ0v) is 32.4. The first kappa shape index (κ1) is 44.8. The SMILES string of the molecule is CC(C)(C)CC(=O)N(CCCCCC(=O)O)C1CCCCC1.CC(C)(C)CC(=O)N(CCCCCCO)C1CCCCC1.CPC. The van der Waals surface area contributed by atoms with Gasteiger partial charge in [-0.3, -0.25) is 14.4 Å². The van der Waals surface area contributed by atoms with Crippen molar-refractivity contribution < 1.29 is 24.6 Å². The summed E-state index contributed by atoms with van der Waals surface area (Å²) in [5.41, 5.74) is 0.0915. The maximum atomic E-state index is 12.7. The minimum atomic E-state index is -0.729. The number of hydrogen-bond acceptors (Lipinski definition) is 4. The molecule has 2 aliphatic rings. The van der Waals surface area contributed by atoms with Gasteiger partial charge in [0.1, 0.15) is 0 Å². The molecule has 0 bridgehead atoms. The Balaban J connectivity index is 0.000000811. The second kappa shape index (κ2) is 25.8. The van der Waals surface area contributed by atoms with Gasteiger partial charge in [0.05, 0.1) is 0 Å². The lowest BCUT2D eigenvalue weighted by atomic mass is 9.89. The molecule has 2 amide bonds. The summed E-state index contributed by atoms with van der Waals surface area (Å²) in [5.74, 6) is -0.109. The van der Waals surface area contributed by atoms with E-state index in [1.54, 1.807) is 0 Å². The van der Waals surface area contributed by atoms with E-state index in [0.717, 1.165) is 73.0 Å². The number of amides is 2. The van der Waals surface area contributed by atoms with Crippen LogP contribution in [0.15, 0.2) is 0 Å². The summed E-state index contributed by atoms with van der Waals surface area (Å²) in [6.07, 6.45) is 20.4. The number of unbranched alkanes of at least 4 members (excludes halogenated alkanes) is 5. The average molecular weight is 671 g/mol. The number of carbonyl (C=O) groups excluding carboxylic acids is 2. The maximum absolute atomic E-state index is 12.7. The zero-order valence-electron chi connectivity index (χ0n) is 31.4. The molecule has 0 spiro atoms. The number of rotatable bonds is 16. The first-order valence-corrected chi connectivity index (χ1v) is 20.6. The van der Waals surface area contributed by atoms with Crippen LogP contribution < -0.4 is 0 Å². The van der Waals surface area contributed by atoms with E-state index in [2.05, 4.69) is 64.7 Å². The van der Waals surface area contributed by atoms with Crippen LogP contribution in [0.4, 0.5) is 0 Å². The quantitative estimate of drug-likeness (QED) is 0.126. The van der Waals surface area contributed by atoms with Gasteiger partial charge in [-0.2, -0.15) is 0 Å². The fraction of sp³-hybridized carbons (Fsp3) is 0.921. The molecule has 2 aliphatic carbocycles. The highest BCUT2D eigenvalue weighted by molar-refractivity contribution is 7.35. The molecule has 0 aliphatic heterocycles. The molecule has 46 heavy (non-hydrogen) atoms. The summed E-state index contributed by atoms with van der Waals surface area (Å²) in [4.78, 5) is 40.2. The topological polar surface area (TPSA) is 98.2 Å². The van der Waals surface area contributed by atoms with Gasteiger partial charge in [0.25, 0.3) is 0 Å². The fourth-order valence-electron chi connectivity index (χ4n) is 6.40. The molecule has 7 nitrogen and oxygen atoms in total. The maximum Gasteiger partial charge on any atom is 0.303 e. The molecule has 0 atom stereocenters. The van der Waals surface area contributed by atoms with Crippen LogP contribution in [0.25, 0.3) is 0 Å². The van der Waals surface area contributed by atoms with Crippen LogP contribution in [-0.2, 0) is 14.4 Å². The molecule has 2 fully saturated rings. The molecule has 2 saturated carbocycles. The first-order valence-electron chi connectivity index (χ1n) is 18.6. The van der Waals surface area contributed by atoms with E-state index in [0.29, 0.717) is 37.3 Å². The van der Waals surface area contributed by atoms with E-state index in [1.165, 1.54) is 51.4 Å². The Morgan fingerprint density at radius 3 is 1.28 bits per heavy atom. The summed E-state index contributed by atoms with van der Waals surface area (Å²) in [5, 5.41) is 17.5. The number of aliphatic hydroxyl groups excluding tert-OH is 1. The van der Waals surface area contributed by atoms with Gasteiger partial charge in [0.2, 0.25) is 11.8 Å². The van der Waals surface area contributed by atoms with Crippen LogP contribution in [0.5, 0.6) is 0 Å². The molecule has 0 unspecified atom stereocenters. The van der Waals surface area contributed by atoms with E-state index in [1.807, 2.05) is 0 Å². The number of carbonyl (C=O) groups is 3. The standard InChI is InChI=1S/C18H33NO3.C18H35NO2.C2H7P/c1-18(2,3)14-16(20)19(15-10-6-4-7-11-15)13-9-5-8-12-17(21)22;1-18(2,3)15-17(21)19(13-9-4-5-10-14-20)16-11-7-6-8-12-16;1-3-2/h15H,4-14H2,1-3H3,(H,21,22);16,20H,4-15H2,1-3H3;3H,1-2H3. The lowest BCUT2D eigenvalue weighted by Crippen LogP contribution is -2.43. The van der Waals surface area contributed by atoms with Crippen LogP contribution in [0.1, 0.15) is 170 Å². The van der Waals surface area contributed by atoms with Crippen molar-refractivity contribution in [1.29, 1.82) is 0 Å². The molecule has 2 N–H and O–H groups in total. The van der Waals surface area contributed by atoms with E-state index >= 15 is 0 Å². The second-order valence-electron chi connectivity index (χ2n) is 16.1. The normalized spacial score (nSPS) is 16.0. The number of hydrogen-bond donors (Lipinski definition) is 2. The second-order valence-corrected chi connectivity index (χ2v) is 17.1. The molecule has 0 radical (unpaired) electrons. The zero-order chi connectivity index (χ0) is 35.0. The van der Waals surface area contributed by atoms with Crippen molar-refractivity contribution in [1.82, 2.24) is 9.80 Å². The van der Waals surface area contributed by atoms with Gasteiger partial charge in [-0.1, -0.05) is 99.3 Å². The summed E-state index contributed by atoms with van der Waals surface area (Å²) >= 11 is 0. The monoisotopic (exact) mass is 671 g/mol. The van der Waals surface area contributed by atoms with Crippen LogP contribution in [0.3, 0.4) is 0 Å². The molecule has 0 saturated heterocycles. The van der Waals surface area contributed by atoms with Crippen LogP contribution >= 0.6 is 8.58 Å². The Labute approximate surface area is 286 Å². The summed E-state index contributed by atoms with van der Waals surface area (Å²) in [7, 11) is 1.08. The van der Waals surface area contributed by atoms with Crippen molar-refractivity contribution >= 4 is 26.4 Å². The van der Waals surface area contributed by atoms with Gasteiger partial charge >= 0.3 is 5.97 Å². The molecule has 8 heteroatoms. The lowest BCUT2D eigenvalue weighted by Gasteiger charge is -2.36. The van der Waals surface area contributed by atoms with Gasteiger partial charge < -0.3 is 20.0 Å². The van der Waals surface area contributed by atoms with Crippen molar-refractivity contribution in [2.75, 3.05) is 33.0 Å². The summed E-state index contributed by atoms with van der Waals surface area (Å²) in [6, 6.07) is 0.884. The number of aliphatic carboxylic acids is 1. The predicted molar refractivity (Wildman–Crippen MR) is 197 cm³/mol. The van der Waals surface area contributed by atoms with Crippen molar-refractivity contribution in [2.24, 2.45) is 10.8 Å². The predicted octanol–water partition coefficient (Wildman–Crippen LogP) is 9.29. The fourth-order valence-corrected chi connectivity index (χ4v) is 6.40. The number of carboxylic acids is 1. The molecule has 2 rings (SSSR count). The lowest BCUT2D eigenvalue weighted by molar-refractivity contribution is -0.138. The number of aliphatic hydroxyl groups is 1. The van der Waals surface area contributed by atoms with Gasteiger partial charge in [-0.05, 0) is 75.5 Å². The van der Waals surface area contributed by atoms with Gasteiger partial charge in [-0.15, -0.1) is 8.58 Å². The third-order valence-corrected chi connectivity index (χ3v) is 8.63. The molecular weight excluding hydrogens is 595 g/mol. The Kier molecular flexibility index (Phi) is 25.1. The summed E-state index contributed by atoms with van der Waals surface area (Å²) in [6.45, 7) is 19.0. The van der Waals surface area contributed by atoms with Gasteiger partial charge in [0, 0.05) is 51.0 Å². The number of carboxylic acid groups (broad SMARTS) is 1. The highest BCUT2D eigenvalue weighted by Gasteiger charge is 2.29. The van der Waals surface area contributed by atoms with Gasteiger partial charge in [-0.25, -0.2) is 0 Å². The molecule has 0 aromatic carbocycles. The van der Waals surface area contributed by atoms with Crippen molar-refractivity contribution in [3.8, 4) is 0 Å². The molecule has 0 aromatic rings. The molecule has 0 aromatic heterocycles. The minimum Gasteiger partial charge on any atom is -0.481 e. The van der Waals surface area contributed by atoms with E-state index in [9.17, 15) is 14.4 Å². The van der Waals surface area contributed by atoms with Gasteiger partial charge in [0.15, 0.2) is 0 Å². The Bertz CT molecular complexity index is 796. The molecule has 0 heterocycles. The number of nitrogens with zero attached hydrogens (tertiary/aromatic N) is 2. The van der Waals surface area contributed by atoms with E-state index < -0.39 is 5.97 Å². The largest absolute Gasteiger partial charge is 0.481 e. The highest BCUT2D eigenvalue weighted by atomic mass is 31.1. The van der Waals surface area contributed by atoms with Crippen molar-refractivity contribution in [2.45, 2.75) is 182 Å². The van der Waals surface area contributed by atoms with E-state index in [4.69, 9.17) is 10.2 Å². The van der Waals surface area contributed by atoms with Crippen LogP contribution in [0, 0.1) is 10.8 Å². The Morgan fingerprint density at radius 2 is 0.957 bits per heavy atom. The van der Waals surface area contributed by atoms with Crippen molar-refractivity contribution in [3.05, 3.63) is 0 Å². The van der Waals surface area contributed by atoms with Crippen LogP contribution in [-0.4, -0.2) is 82.9 Å². The Hall–Kier alpha value is -1.20. The average Bonchev–Trinajstić information content (AvgIpc) is 2.96. The third-order valence-electron chi connectivity index (χ3n) is 8.63. The summed E-state index contributed by atoms with van der Waals surface area (Å²) < 4.78 is 0. The van der Waals surface area contributed by atoms with E-state index in [-0.39, 0.29) is 29.8 Å². The Morgan fingerprint density at radius 1 is 0.609 bits per heavy atom. The first-order chi connectivity index (χ1) is 21.6. The smallest absolute Gasteiger partial charge is 0.303 e. The third kappa shape index (κ3) is 24.0. The highest BCUT2D eigenvalue weighted by Crippen LogP contribution is 2.28. The van der Waals surface area contributed by atoms with Crippen LogP contribution in [0.2, 0.25) is 0 Å². The molecular formula is C38H75N2O5P. The molecule has 272 valence electrons.